The summed E-state index contributed by atoms with van der Waals surface area (Å²) in [4.78, 5) is 11.2. The van der Waals surface area contributed by atoms with Gasteiger partial charge < -0.3 is 4.74 Å². The van der Waals surface area contributed by atoms with Crippen molar-refractivity contribution < 1.29 is 9.53 Å². The molecule has 0 amide bonds. The third kappa shape index (κ3) is 4.78. The molecule has 0 bridgehead atoms. The highest BCUT2D eigenvalue weighted by molar-refractivity contribution is 5.78. The lowest BCUT2D eigenvalue weighted by Gasteiger charge is -2.26. The fraction of sp³-hybridized carbons (Fsp3) is 0.923. The van der Waals surface area contributed by atoms with Crippen LogP contribution in [0.3, 0.4) is 0 Å². The molecule has 0 radical (unpaired) electrons. The summed E-state index contributed by atoms with van der Waals surface area (Å²) in [6, 6.07) is 0. The van der Waals surface area contributed by atoms with Crippen LogP contribution in [-0.4, -0.2) is 19.5 Å². The van der Waals surface area contributed by atoms with Gasteiger partial charge in [0.1, 0.15) is 5.78 Å². The number of hydrogen-bond acceptors (Lipinski definition) is 2. The van der Waals surface area contributed by atoms with E-state index >= 15 is 0 Å². The van der Waals surface area contributed by atoms with Gasteiger partial charge in [0.25, 0.3) is 0 Å². The van der Waals surface area contributed by atoms with Gasteiger partial charge in [-0.15, -0.1) is 0 Å². The third-order valence-electron chi connectivity index (χ3n) is 3.63. The predicted octanol–water partition coefficient (Wildman–Crippen LogP) is 3.20. The van der Waals surface area contributed by atoms with Gasteiger partial charge in [-0.2, -0.15) is 0 Å². The molecule has 0 aromatic rings. The number of rotatable bonds is 6. The summed E-state index contributed by atoms with van der Waals surface area (Å²) in [5, 5.41) is 0. The Balaban J connectivity index is 2.07. The molecule has 1 saturated carbocycles. The fourth-order valence-electron chi connectivity index (χ4n) is 2.54. The van der Waals surface area contributed by atoms with E-state index in [1.807, 2.05) is 0 Å². The van der Waals surface area contributed by atoms with Crippen LogP contribution in [0.25, 0.3) is 0 Å². The van der Waals surface area contributed by atoms with Crippen LogP contribution in [0.2, 0.25) is 0 Å². The summed E-state index contributed by atoms with van der Waals surface area (Å²) in [5.41, 5.74) is 0. The smallest absolute Gasteiger partial charge is 0.132 e. The molecule has 15 heavy (non-hydrogen) atoms. The molecular weight excluding hydrogens is 188 g/mol. The van der Waals surface area contributed by atoms with Gasteiger partial charge in [0.2, 0.25) is 0 Å². The summed E-state index contributed by atoms with van der Waals surface area (Å²) in [6.07, 6.45) is 8.57. The van der Waals surface area contributed by atoms with E-state index in [1.54, 1.807) is 14.0 Å². The van der Waals surface area contributed by atoms with Gasteiger partial charge in [-0.1, -0.05) is 12.8 Å². The van der Waals surface area contributed by atoms with Gasteiger partial charge in [-0.05, 0) is 44.9 Å². The average Bonchev–Trinajstić information content (AvgIpc) is 2.25. The van der Waals surface area contributed by atoms with Crippen LogP contribution in [-0.2, 0) is 9.53 Å². The number of ketones is 1. The minimum Gasteiger partial charge on any atom is -0.385 e. The van der Waals surface area contributed by atoms with Crippen molar-refractivity contribution in [3.05, 3.63) is 0 Å². The van der Waals surface area contributed by atoms with Gasteiger partial charge in [-0.3, -0.25) is 4.79 Å². The molecule has 1 fully saturated rings. The first kappa shape index (κ1) is 12.7. The maximum Gasteiger partial charge on any atom is 0.132 e. The zero-order valence-electron chi connectivity index (χ0n) is 10.1. The Morgan fingerprint density at radius 2 is 1.87 bits per heavy atom. The van der Waals surface area contributed by atoms with Crippen molar-refractivity contribution >= 4 is 5.78 Å². The van der Waals surface area contributed by atoms with Crippen molar-refractivity contribution in [3.63, 3.8) is 0 Å². The molecule has 0 heterocycles. The molecule has 0 spiro atoms. The Hall–Kier alpha value is -0.370. The Bertz CT molecular complexity index is 181. The molecule has 88 valence electrons. The van der Waals surface area contributed by atoms with Crippen molar-refractivity contribution in [2.24, 2.45) is 11.8 Å². The number of carbonyl (C=O) groups excluding carboxylic acids is 1. The van der Waals surface area contributed by atoms with E-state index < -0.39 is 0 Å². The highest BCUT2D eigenvalue weighted by atomic mass is 16.5. The van der Waals surface area contributed by atoms with Crippen LogP contribution in [0.1, 0.15) is 51.9 Å². The second kappa shape index (κ2) is 7.00. The number of methoxy groups -OCH3 is 1. The van der Waals surface area contributed by atoms with Crippen LogP contribution in [0, 0.1) is 11.8 Å². The molecule has 0 saturated heterocycles. The van der Waals surface area contributed by atoms with E-state index in [-0.39, 0.29) is 0 Å². The molecule has 1 aliphatic rings. The fourth-order valence-corrected chi connectivity index (χ4v) is 2.54. The topological polar surface area (TPSA) is 26.3 Å². The number of Topliss-reactive ketones (excluding diaryl/α,β-unsaturated/α-hetero) is 1. The van der Waals surface area contributed by atoms with E-state index in [0.717, 1.165) is 25.4 Å². The average molecular weight is 212 g/mol. The first-order valence-corrected chi connectivity index (χ1v) is 6.23. The summed E-state index contributed by atoms with van der Waals surface area (Å²) in [6.45, 7) is 2.63. The third-order valence-corrected chi connectivity index (χ3v) is 3.63. The van der Waals surface area contributed by atoms with E-state index in [0.29, 0.717) is 11.7 Å². The first-order chi connectivity index (χ1) is 7.24. The molecule has 0 unspecified atom stereocenters. The Kier molecular flexibility index (Phi) is 5.92. The zero-order chi connectivity index (χ0) is 11.1. The quantitative estimate of drug-likeness (QED) is 0.632. The van der Waals surface area contributed by atoms with Crippen molar-refractivity contribution in [1.82, 2.24) is 0 Å². The maximum absolute atomic E-state index is 11.2. The summed E-state index contributed by atoms with van der Waals surface area (Å²) >= 11 is 0. The molecule has 0 aromatic carbocycles. The van der Waals surface area contributed by atoms with Crippen LogP contribution < -0.4 is 0 Å². The van der Waals surface area contributed by atoms with E-state index in [9.17, 15) is 4.79 Å². The standard InChI is InChI=1S/C13H24O2/c1-11(14)13-8-6-12(7-9-13)5-3-4-10-15-2/h12-13H,3-10H2,1-2H3. The Labute approximate surface area is 93.4 Å². The number of unbranched alkanes of at least 4 members (excludes halogenated alkanes) is 1. The predicted molar refractivity (Wildman–Crippen MR) is 61.9 cm³/mol. The van der Waals surface area contributed by atoms with Crippen molar-refractivity contribution in [2.45, 2.75) is 51.9 Å². The normalized spacial score (nSPS) is 26.5. The molecule has 0 N–H and O–H groups in total. The Morgan fingerprint density at radius 3 is 2.40 bits per heavy atom. The van der Waals surface area contributed by atoms with Crippen LogP contribution in [0.5, 0.6) is 0 Å². The zero-order valence-corrected chi connectivity index (χ0v) is 10.1. The molecular formula is C13H24O2. The van der Waals surface area contributed by atoms with Crippen molar-refractivity contribution in [2.75, 3.05) is 13.7 Å². The maximum atomic E-state index is 11.2. The van der Waals surface area contributed by atoms with Gasteiger partial charge in [0.05, 0.1) is 0 Å². The van der Waals surface area contributed by atoms with E-state index in [2.05, 4.69) is 0 Å². The highest BCUT2D eigenvalue weighted by Crippen LogP contribution is 2.32. The molecule has 2 heteroatoms. The number of ether oxygens (including phenoxy) is 1. The van der Waals surface area contributed by atoms with Gasteiger partial charge in [0.15, 0.2) is 0 Å². The lowest BCUT2D eigenvalue weighted by Crippen LogP contribution is -2.19. The van der Waals surface area contributed by atoms with Crippen molar-refractivity contribution in [1.29, 1.82) is 0 Å². The monoisotopic (exact) mass is 212 g/mol. The van der Waals surface area contributed by atoms with Crippen LogP contribution in [0.4, 0.5) is 0 Å². The number of carbonyl (C=O) groups is 1. The molecule has 0 aromatic heterocycles. The summed E-state index contributed by atoms with van der Waals surface area (Å²) in [5.74, 6) is 1.64. The molecule has 1 rings (SSSR count). The van der Waals surface area contributed by atoms with E-state index in [4.69, 9.17) is 4.74 Å². The van der Waals surface area contributed by atoms with Gasteiger partial charge in [-0.25, -0.2) is 0 Å². The minimum absolute atomic E-state index is 0.375. The highest BCUT2D eigenvalue weighted by Gasteiger charge is 2.23. The van der Waals surface area contributed by atoms with Gasteiger partial charge >= 0.3 is 0 Å². The SMILES string of the molecule is COCCCCC1CCC(C(C)=O)CC1. The molecule has 2 nitrogen and oxygen atoms in total. The second-order valence-corrected chi connectivity index (χ2v) is 4.82. The first-order valence-electron chi connectivity index (χ1n) is 6.23. The largest absolute Gasteiger partial charge is 0.385 e. The van der Waals surface area contributed by atoms with Crippen molar-refractivity contribution in [3.8, 4) is 0 Å². The van der Waals surface area contributed by atoms with Crippen LogP contribution >= 0.6 is 0 Å². The summed E-state index contributed by atoms with van der Waals surface area (Å²) < 4.78 is 5.04. The van der Waals surface area contributed by atoms with Gasteiger partial charge in [0, 0.05) is 19.6 Å². The molecule has 0 aliphatic heterocycles. The van der Waals surface area contributed by atoms with Crippen LogP contribution in [0.15, 0.2) is 0 Å². The second-order valence-electron chi connectivity index (χ2n) is 4.82. The van der Waals surface area contributed by atoms with E-state index in [1.165, 1.54) is 32.1 Å². The summed E-state index contributed by atoms with van der Waals surface area (Å²) in [7, 11) is 1.76. The lowest BCUT2D eigenvalue weighted by molar-refractivity contribution is -0.121. The lowest BCUT2D eigenvalue weighted by atomic mass is 9.78. The number of hydrogen-bond donors (Lipinski definition) is 0. The molecule has 1 aliphatic carbocycles. The molecule has 0 atom stereocenters. The minimum atomic E-state index is 0.375. The Morgan fingerprint density at radius 1 is 1.20 bits per heavy atom.